The quantitative estimate of drug-likeness (QED) is 0.696. The fourth-order valence-corrected chi connectivity index (χ4v) is 4.68. The Morgan fingerprint density at radius 2 is 2.05 bits per heavy atom. The van der Waals surface area contributed by atoms with Crippen molar-refractivity contribution in [2.45, 2.75) is 45.4 Å². The van der Waals surface area contributed by atoms with Crippen LogP contribution < -0.4 is 9.47 Å². The highest BCUT2D eigenvalue weighted by molar-refractivity contribution is 5.47. The predicted molar refractivity (Wildman–Crippen MR) is 84.0 cm³/mol. The van der Waals surface area contributed by atoms with Crippen LogP contribution in [0.4, 0.5) is 0 Å². The lowest BCUT2D eigenvalue weighted by atomic mass is 9.69. The molecule has 2 atom stereocenters. The number of hydrogen-bond acceptors (Lipinski definition) is 2. The number of fused-ring (bicyclic) bond motifs is 4. The van der Waals surface area contributed by atoms with Gasteiger partial charge in [-0.3, -0.25) is 0 Å². The maximum absolute atomic E-state index is 6.10. The third kappa shape index (κ3) is 1.91. The van der Waals surface area contributed by atoms with Gasteiger partial charge in [-0.2, -0.15) is 0 Å². The topological polar surface area (TPSA) is 18.5 Å². The van der Waals surface area contributed by atoms with E-state index in [-0.39, 0.29) is 0 Å². The Balaban J connectivity index is 1.73. The van der Waals surface area contributed by atoms with Crippen molar-refractivity contribution in [3.63, 3.8) is 0 Å². The molecule has 0 spiro atoms. The molecule has 21 heavy (non-hydrogen) atoms. The van der Waals surface area contributed by atoms with Crippen LogP contribution in [0.1, 0.15) is 51.0 Å². The third-order valence-electron chi connectivity index (χ3n) is 5.90. The zero-order chi connectivity index (χ0) is 14.6. The zero-order valence-corrected chi connectivity index (χ0v) is 13.2. The first-order chi connectivity index (χ1) is 10.1. The average molecular weight is 284 g/mol. The van der Waals surface area contributed by atoms with E-state index < -0.39 is 0 Å². The Bertz CT molecular complexity index is 612. The van der Waals surface area contributed by atoms with Crippen LogP contribution in [0, 0.1) is 11.3 Å². The molecule has 0 bridgehead atoms. The molecule has 112 valence electrons. The van der Waals surface area contributed by atoms with Gasteiger partial charge in [0.05, 0.1) is 13.7 Å². The molecule has 0 aromatic heterocycles. The molecule has 3 aliphatic rings. The van der Waals surface area contributed by atoms with Crippen molar-refractivity contribution < 1.29 is 9.47 Å². The van der Waals surface area contributed by atoms with Crippen LogP contribution in [-0.2, 0) is 0 Å². The number of rotatable bonds is 1. The Hall–Kier alpha value is -1.44. The second-order valence-electron chi connectivity index (χ2n) is 7.35. The fourth-order valence-electron chi connectivity index (χ4n) is 4.68. The first-order valence-electron chi connectivity index (χ1n) is 8.13. The molecule has 1 aromatic rings. The monoisotopic (exact) mass is 284 g/mol. The summed E-state index contributed by atoms with van der Waals surface area (Å²) >= 11 is 0. The van der Waals surface area contributed by atoms with Crippen molar-refractivity contribution in [2.75, 3.05) is 13.7 Å². The van der Waals surface area contributed by atoms with E-state index in [0.29, 0.717) is 17.3 Å². The van der Waals surface area contributed by atoms with Crippen molar-refractivity contribution in [2.24, 2.45) is 11.3 Å². The highest BCUT2D eigenvalue weighted by Crippen LogP contribution is 2.56. The smallest absolute Gasteiger partial charge is 0.126 e. The lowest BCUT2D eigenvalue weighted by Crippen LogP contribution is -2.31. The summed E-state index contributed by atoms with van der Waals surface area (Å²) in [5.41, 5.74) is 5.27. The van der Waals surface area contributed by atoms with Crippen LogP contribution in [0.25, 0.3) is 0 Å². The standard InChI is InChI=1S/C19H24O2/c1-19(2)9-8-14-16-11-21-18-10-12(20-3)4-5-15(18)13(16)6-7-17(14)19/h4-5,10,13,16H,6-9,11H2,1-3H3/t13-,16+/m1/s1. The van der Waals surface area contributed by atoms with E-state index in [1.165, 1.54) is 31.2 Å². The minimum absolute atomic E-state index is 0.417. The van der Waals surface area contributed by atoms with Crippen molar-refractivity contribution in [3.05, 3.63) is 34.9 Å². The number of benzene rings is 1. The molecule has 1 aliphatic heterocycles. The molecule has 0 amide bonds. The van der Waals surface area contributed by atoms with Gasteiger partial charge in [0.1, 0.15) is 11.5 Å². The lowest BCUT2D eigenvalue weighted by molar-refractivity contribution is 0.200. The summed E-state index contributed by atoms with van der Waals surface area (Å²) in [6.45, 7) is 5.68. The van der Waals surface area contributed by atoms with E-state index >= 15 is 0 Å². The fraction of sp³-hybridized carbons (Fsp3) is 0.579. The van der Waals surface area contributed by atoms with Gasteiger partial charge < -0.3 is 9.47 Å². The van der Waals surface area contributed by atoms with E-state index in [1.807, 2.05) is 6.07 Å². The molecule has 0 saturated carbocycles. The number of ether oxygens (including phenoxy) is 2. The van der Waals surface area contributed by atoms with Gasteiger partial charge in [-0.1, -0.05) is 31.1 Å². The molecule has 0 unspecified atom stereocenters. The number of hydrogen-bond donors (Lipinski definition) is 0. The average Bonchev–Trinajstić information content (AvgIpc) is 2.82. The van der Waals surface area contributed by atoms with E-state index in [0.717, 1.165) is 18.1 Å². The molecule has 1 heterocycles. The van der Waals surface area contributed by atoms with Gasteiger partial charge in [-0.25, -0.2) is 0 Å². The largest absolute Gasteiger partial charge is 0.497 e. The van der Waals surface area contributed by atoms with Gasteiger partial charge in [0.2, 0.25) is 0 Å². The summed E-state index contributed by atoms with van der Waals surface area (Å²) in [5.74, 6) is 3.19. The van der Waals surface area contributed by atoms with Gasteiger partial charge in [-0.05, 0) is 48.6 Å². The van der Waals surface area contributed by atoms with Gasteiger partial charge in [0, 0.05) is 12.0 Å². The maximum atomic E-state index is 6.10. The first-order valence-corrected chi connectivity index (χ1v) is 8.13. The van der Waals surface area contributed by atoms with Gasteiger partial charge in [0.15, 0.2) is 0 Å². The molecule has 2 heteroatoms. The van der Waals surface area contributed by atoms with Crippen LogP contribution in [-0.4, -0.2) is 13.7 Å². The second-order valence-corrected chi connectivity index (χ2v) is 7.35. The second kappa shape index (κ2) is 4.53. The zero-order valence-electron chi connectivity index (χ0n) is 13.2. The van der Waals surface area contributed by atoms with Crippen LogP contribution >= 0.6 is 0 Å². The number of allylic oxidation sites excluding steroid dienone is 1. The summed E-state index contributed by atoms with van der Waals surface area (Å²) < 4.78 is 11.4. The summed E-state index contributed by atoms with van der Waals surface area (Å²) in [4.78, 5) is 0. The summed E-state index contributed by atoms with van der Waals surface area (Å²) in [6, 6.07) is 6.34. The Kier molecular flexibility index (Phi) is 2.85. The summed E-state index contributed by atoms with van der Waals surface area (Å²) in [6.07, 6.45) is 5.14. The van der Waals surface area contributed by atoms with E-state index in [4.69, 9.17) is 9.47 Å². The molecular weight excluding hydrogens is 260 g/mol. The van der Waals surface area contributed by atoms with Gasteiger partial charge >= 0.3 is 0 Å². The van der Waals surface area contributed by atoms with E-state index in [1.54, 1.807) is 18.3 Å². The molecule has 2 aliphatic carbocycles. The molecule has 0 fully saturated rings. The van der Waals surface area contributed by atoms with Gasteiger partial charge in [-0.15, -0.1) is 0 Å². The van der Waals surface area contributed by atoms with Crippen molar-refractivity contribution in [1.82, 2.24) is 0 Å². The van der Waals surface area contributed by atoms with Crippen molar-refractivity contribution >= 4 is 0 Å². The van der Waals surface area contributed by atoms with E-state index in [2.05, 4.69) is 26.0 Å². The summed E-state index contributed by atoms with van der Waals surface area (Å²) in [7, 11) is 1.71. The molecule has 0 saturated heterocycles. The summed E-state index contributed by atoms with van der Waals surface area (Å²) in [5, 5.41) is 0. The molecule has 4 rings (SSSR count). The highest BCUT2D eigenvalue weighted by atomic mass is 16.5. The normalized spacial score (nSPS) is 29.3. The predicted octanol–water partition coefficient (Wildman–Crippen LogP) is 4.70. The third-order valence-corrected chi connectivity index (χ3v) is 5.90. The molecule has 0 radical (unpaired) electrons. The molecule has 0 N–H and O–H groups in total. The lowest BCUT2D eigenvalue weighted by Gasteiger charge is -2.40. The number of methoxy groups -OCH3 is 1. The van der Waals surface area contributed by atoms with Gasteiger partial charge in [0.25, 0.3) is 0 Å². The van der Waals surface area contributed by atoms with Crippen LogP contribution in [0.5, 0.6) is 11.5 Å². The Morgan fingerprint density at radius 1 is 1.19 bits per heavy atom. The van der Waals surface area contributed by atoms with Crippen molar-refractivity contribution in [1.29, 1.82) is 0 Å². The molecular formula is C19H24O2. The molecule has 2 nitrogen and oxygen atoms in total. The highest BCUT2D eigenvalue weighted by Gasteiger charge is 2.43. The minimum atomic E-state index is 0.417. The first kappa shape index (κ1) is 13.2. The van der Waals surface area contributed by atoms with Crippen LogP contribution in [0.2, 0.25) is 0 Å². The van der Waals surface area contributed by atoms with Crippen LogP contribution in [0.3, 0.4) is 0 Å². The van der Waals surface area contributed by atoms with E-state index in [9.17, 15) is 0 Å². The Labute approximate surface area is 127 Å². The Morgan fingerprint density at radius 3 is 2.86 bits per heavy atom. The minimum Gasteiger partial charge on any atom is -0.497 e. The maximum Gasteiger partial charge on any atom is 0.126 e. The van der Waals surface area contributed by atoms with Crippen LogP contribution in [0.15, 0.2) is 29.3 Å². The SMILES string of the molecule is COc1ccc2c(c1)OC[C@@H]1C3=C(CC[C@H]21)C(C)(C)CC3. The van der Waals surface area contributed by atoms with Crippen molar-refractivity contribution in [3.8, 4) is 11.5 Å². The molecule has 1 aromatic carbocycles.